The SMILES string of the molecule is CC(=O)NCCNC(=O)c1ccc(C)cc1N. The number of nitrogens with two attached hydrogens (primary N) is 1. The normalized spacial score (nSPS) is 9.76. The average Bonchev–Trinajstić information content (AvgIpc) is 2.23. The molecule has 0 bridgehead atoms. The van der Waals surface area contributed by atoms with Crippen molar-refractivity contribution in [2.45, 2.75) is 13.8 Å². The predicted molar refractivity (Wildman–Crippen MR) is 66.6 cm³/mol. The minimum absolute atomic E-state index is 0.117. The Morgan fingerprint density at radius 1 is 1.24 bits per heavy atom. The van der Waals surface area contributed by atoms with Gasteiger partial charge in [-0.1, -0.05) is 6.07 Å². The van der Waals surface area contributed by atoms with Gasteiger partial charge in [-0.15, -0.1) is 0 Å². The van der Waals surface area contributed by atoms with Crippen molar-refractivity contribution in [3.05, 3.63) is 29.3 Å². The monoisotopic (exact) mass is 235 g/mol. The lowest BCUT2D eigenvalue weighted by Crippen LogP contribution is -2.33. The van der Waals surface area contributed by atoms with E-state index in [1.54, 1.807) is 12.1 Å². The number of carbonyl (C=O) groups excluding carboxylic acids is 2. The summed E-state index contributed by atoms with van der Waals surface area (Å²) in [5.41, 5.74) is 7.67. The number of hydrogen-bond donors (Lipinski definition) is 3. The molecule has 2 amide bonds. The fourth-order valence-corrected chi connectivity index (χ4v) is 1.40. The van der Waals surface area contributed by atoms with Crippen molar-refractivity contribution in [2.24, 2.45) is 0 Å². The topological polar surface area (TPSA) is 84.2 Å². The Morgan fingerprint density at radius 2 is 1.88 bits per heavy atom. The van der Waals surface area contributed by atoms with Gasteiger partial charge in [-0.3, -0.25) is 9.59 Å². The molecule has 0 aliphatic heterocycles. The smallest absolute Gasteiger partial charge is 0.253 e. The van der Waals surface area contributed by atoms with Crippen LogP contribution < -0.4 is 16.4 Å². The lowest BCUT2D eigenvalue weighted by Gasteiger charge is -2.08. The highest BCUT2D eigenvalue weighted by atomic mass is 16.2. The summed E-state index contributed by atoms with van der Waals surface area (Å²) in [5, 5.41) is 5.27. The first-order valence-electron chi connectivity index (χ1n) is 5.39. The number of carbonyl (C=O) groups is 2. The molecule has 1 aromatic carbocycles. The number of hydrogen-bond acceptors (Lipinski definition) is 3. The van der Waals surface area contributed by atoms with E-state index in [1.807, 2.05) is 13.0 Å². The van der Waals surface area contributed by atoms with Gasteiger partial charge < -0.3 is 16.4 Å². The van der Waals surface area contributed by atoms with E-state index in [1.165, 1.54) is 6.92 Å². The Balaban J connectivity index is 2.50. The van der Waals surface area contributed by atoms with Crippen molar-refractivity contribution in [3.8, 4) is 0 Å². The third-order valence-corrected chi connectivity index (χ3v) is 2.24. The van der Waals surface area contributed by atoms with E-state index >= 15 is 0 Å². The second-order valence-electron chi connectivity index (χ2n) is 3.83. The second kappa shape index (κ2) is 5.89. The molecule has 0 radical (unpaired) electrons. The van der Waals surface area contributed by atoms with Gasteiger partial charge in [0.1, 0.15) is 0 Å². The van der Waals surface area contributed by atoms with Crippen molar-refractivity contribution >= 4 is 17.5 Å². The van der Waals surface area contributed by atoms with Crippen molar-refractivity contribution in [1.82, 2.24) is 10.6 Å². The van der Waals surface area contributed by atoms with Gasteiger partial charge in [0.2, 0.25) is 5.91 Å². The van der Waals surface area contributed by atoms with Crippen LogP contribution >= 0.6 is 0 Å². The summed E-state index contributed by atoms with van der Waals surface area (Å²) in [5.74, 6) is -0.345. The Hall–Kier alpha value is -2.04. The average molecular weight is 235 g/mol. The lowest BCUT2D eigenvalue weighted by atomic mass is 10.1. The quantitative estimate of drug-likeness (QED) is 0.523. The van der Waals surface area contributed by atoms with Crippen LogP contribution in [0.2, 0.25) is 0 Å². The summed E-state index contributed by atoms with van der Waals surface area (Å²) in [7, 11) is 0. The first-order chi connectivity index (χ1) is 8.00. The maximum Gasteiger partial charge on any atom is 0.253 e. The van der Waals surface area contributed by atoms with Crippen LogP contribution in [-0.4, -0.2) is 24.9 Å². The molecule has 0 spiro atoms. The van der Waals surface area contributed by atoms with Gasteiger partial charge in [-0.25, -0.2) is 0 Å². The van der Waals surface area contributed by atoms with E-state index in [0.29, 0.717) is 24.3 Å². The summed E-state index contributed by atoms with van der Waals surface area (Å²) in [4.78, 5) is 22.3. The van der Waals surface area contributed by atoms with E-state index in [2.05, 4.69) is 10.6 Å². The van der Waals surface area contributed by atoms with Crippen LogP contribution in [0.5, 0.6) is 0 Å². The zero-order chi connectivity index (χ0) is 12.8. The number of amides is 2. The molecular formula is C12H17N3O2. The minimum Gasteiger partial charge on any atom is -0.398 e. The summed E-state index contributed by atoms with van der Waals surface area (Å²) in [6.45, 7) is 4.13. The molecule has 0 atom stereocenters. The molecule has 5 nitrogen and oxygen atoms in total. The molecule has 92 valence electrons. The molecule has 0 saturated carbocycles. The minimum atomic E-state index is -0.229. The van der Waals surface area contributed by atoms with E-state index < -0.39 is 0 Å². The highest BCUT2D eigenvalue weighted by Gasteiger charge is 2.08. The number of nitrogen functional groups attached to an aromatic ring is 1. The van der Waals surface area contributed by atoms with Crippen LogP contribution in [0.3, 0.4) is 0 Å². The number of nitrogens with one attached hydrogen (secondary N) is 2. The van der Waals surface area contributed by atoms with Gasteiger partial charge in [0.25, 0.3) is 5.91 Å². The zero-order valence-corrected chi connectivity index (χ0v) is 10.0. The lowest BCUT2D eigenvalue weighted by molar-refractivity contribution is -0.118. The third kappa shape index (κ3) is 4.14. The predicted octanol–water partition coefficient (Wildman–Crippen LogP) is 0.443. The highest BCUT2D eigenvalue weighted by Crippen LogP contribution is 2.13. The largest absolute Gasteiger partial charge is 0.398 e. The molecule has 0 aliphatic carbocycles. The number of benzene rings is 1. The van der Waals surface area contributed by atoms with E-state index in [9.17, 15) is 9.59 Å². The van der Waals surface area contributed by atoms with Crippen LogP contribution in [0, 0.1) is 6.92 Å². The van der Waals surface area contributed by atoms with Crippen LogP contribution in [0.4, 0.5) is 5.69 Å². The van der Waals surface area contributed by atoms with E-state index in [4.69, 9.17) is 5.73 Å². The highest BCUT2D eigenvalue weighted by molar-refractivity contribution is 5.99. The Morgan fingerprint density at radius 3 is 2.47 bits per heavy atom. The van der Waals surface area contributed by atoms with Crippen LogP contribution in [0.1, 0.15) is 22.8 Å². The van der Waals surface area contributed by atoms with Gasteiger partial charge >= 0.3 is 0 Å². The third-order valence-electron chi connectivity index (χ3n) is 2.24. The molecule has 0 heterocycles. The van der Waals surface area contributed by atoms with Crippen molar-refractivity contribution in [2.75, 3.05) is 18.8 Å². The fourth-order valence-electron chi connectivity index (χ4n) is 1.40. The van der Waals surface area contributed by atoms with Gasteiger partial charge in [0, 0.05) is 25.7 Å². The van der Waals surface area contributed by atoms with Gasteiger partial charge in [-0.05, 0) is 24.6 Å². The molecule has 1 rings (SSSR count). The van der Waals surface area contributed by atoms with Crippen LogP contribution in [-0.2, 0) is 4.79 Å². The first kappa shape index (κ1) is 13.0. The molecule has 0 aromatic heterocycles. The molecule has 17 heavy (non-hydrogen) atoms. The van der Waals surface area contributed by atoms with E-state index in [-0.39, 0.29) is 11.8 Å². The van der Waals surface area contributed by atoms with Gasteiger partial charge in [0.05, 0.1) is 5.56 Å². The summed E-state index contributed by atoms with van der Waals surface area (Å²) in [6.07, 6.45) is 0. The maximum atomic E-state index is 11.7. The maximum absolute atomic E-state index is 11.7. The van der Waals surface area contributed by atoms with Gasteiger partial charge in [-0.2, -0.15) is 0 Å². The van der Waals surface area contributed by atoms with Crippen LogP contribution in [0.25, 0.3) is 0 Å². The number of aryl methyl sites for hydroxylation is 1. The Kier molecular flexibility index (Phi) is 4.51. The van der Waals surface area contributed by atoms with Crippen molar-refractivity contribution in [3.63, 3.8) is 0 Å². The molecule has 0 saturated heterocycles. The van der Waals surface area contributed by atoms with Crippen LogP contribution in [0.15, 0.2) is 18.2 Å². The standard InChI is InChI=1S/C12H17N3O2/c1-8-3-4-10(11(13)7-8)12(17)15-6-5-14-9(2)16/h3-4,7H,5-6,13H2,1-2H3,(H,14,16)(H,15,17). The zero-order valence-electron chi connectivity index (χ0n) is 10.0. The molecule has 0 unspecified atom stereocenters. The van der Waals surface area contributed by atoms with E-state index in [0.717, 1.165) is 5.56 Å². The number of anilines is 1. The second-order valence-corrected chi connectivity index (χ2v) is 3.83. The molecule has 0 aliphatic rings. The summed E-state index contributed by atoms with van der Waals surface area (Å²) >= 11 is 0. The molecule has 1 aromatic rings. The first-order valence-corrected chi connectivity index (χ1v) is 5.39. The molecular weight excluding hydrogens is 218 g/mol. The summed E-state index contributed by atoms with van der Waals surface area (Å²) < 4.78 is 0. The molecule has 4 N–H and O–H groups in total. The molecule has 0 fully saturated rings. The fraction of sp³-hybridized carbons (Fsp3) is 0.333. The van der Waals surface area contributed by atoms with Crippen molar-refractivity contribution in [1.29, 1.82) is 0 Å². The number of rotatable bonds is 4. The molecule has 5 heteroatoms. The Bertz CT molecular complexity index is 430. The summed E-state index contributed by atoms with van der Waals surface area (Å²) in [6, 6.07) is 5.28. The Labute approximate surface area is 100 Å². The van der Waals surface area contributed by atoms with Gasteiger partial charge in [0.15, 0.2) is 0 Å². The van der Waals surface area contributed by atoms with Crippen molar-refractivity contribution < 1.29 is 9.59 Å².